The first-order valence-corrected chi connectivity index (χ1v) is 4.63. The summed E-state index contributed by atoms with van der Waals surface area (Å²) in [5.41, 5.74) is 2.16. The van der Waals surface area contributed by atoms with Crippen LogP contribution in [-0.2, 0) is 11.2 Å². The molecule has 0 amide bonds. The molecule has 0 radical (unpaired) electrons. The summed E-state index contributed by atoms with van der Waals surface area (Å²) in [6.45, 7) is 3.10. The topological polar surface area (TPSA) is 29.1 Å². The number of hydrogen-bond donors (Lipinski definition) is 1. The molecular formula is C11H15NO. The SMILES string of the molecule is CCCNc1cccc(CC=O)c1. The summed E-state index contributed by atoms with van der Waals surface area (Å²) < 4.78 is 0. The Labute approximate surface area is 79.0 Å². The fourth-order valence-corrected chi connectivity index (χ4v) is 1.17. The van der Waals surface area contributed by atoms with Gasteiger partial charge in [0.2, 0.25) is 0 Å². The maximum atomic E-state index is 10.3. The molecule has 0 atom stereocenters. The summed E-state index contributed by atoms with van der Waals surface area (Å²) in [5, 5.41) is 3.28. The van der Waals surface area contributed by atoms with E-state index >= 15 is 0 Å². The van der Waals surface area contributed by atoms with Gasteiger partial charge in [-0.15, -0.1) is 0 Å². The maximum absolute atomic E-state index is 10.3. The second-order valence-electron chi connectivity index (χ2n) is 3.00. The summed E-state index contributed by atoms with van der Waals surface area (Å²) in [6, 6.07) is 7.97. The molecule has 70 valence electrons. The molecule has 1 aromatic rings. The molecule has 0 spiro atoms. The van der Waals surface area contributed by atoms with Crippen molar-refractivity contribution in [1.29, 1.82) is 0 Å². The first-order valence-electron chi connectivity index (χ1n) is 4.63. The highest BCUT2D eigenvalue weighted by atomic mass is 16.1. The highest BCUT2D eigenvalue weighted by molar-refractivity contribution is 5.57. The van der Waals surface area contributed by atoms with E-state index in [0.29, 0.717) is 6.42 Å². The zero-order valence-corrected chi connectivity index (χ0v) is 7.92. The minimum Gasteiger partial charge on any atom is -0.385 e. The number of anilines is 1. The van der Waals surface area contributed by atoms with Gasteiger partial charge in [-0.3, -0.25) is 0 Å². The molecule has 0 saturated carbocycles. The number of nitrogens with one attached hydrogen (secondary N) is 1. The summed E-state index contributed by atoms with van der Waals surface area (Å²) in [4.78, 5) is 10.3. The van der Waals surface area contributed by atoms with Gasteiger partial charge in [0.25, 0.3) is 0 Å². The molecule has 0 bridgehead atoms. The third kappa shape index (κ3) is 3.28. The first kappa shape index (κ1) is 9.78. The van der Waals surface area contributed by atoms with E-state index in [-0.39, 0.29) is 0 Å². The largest absolute Gasteiger partial charge is 0.385 e. The van der Waals surface area contributed by atoms with Gasteiger partial charge in [0.1, 0.15) is 6.29 Å². The average molecular weight is 177 g/mol. The van der Waals surface area contributed by atoms with Crippen molar-refractivity contribution in [2.45, 2.75) is 19.8 Å². The minimum atomic E-state index is 0.502. The molecule has 0 aliphatic carbocycles. The Morgan fingerprint density at radius 1 is 1.46 bits per heavy atom. The molecular weight excluding hydrogens is 162 g/mol. The molecule has 0 saturated heterocycles. The molecule has 1 N–H and O–H groups in total. The highest BCUT2D eigenvalue weighted by Gasteiger charge is 1.93. The number of aldehydes is 1. The summed E-state index contributed by atoms with van der Waals surface area (Å²) in [5.74, 6) is 0. The van der Waals surface area contributed by atoms with E-state index in [1.807, 2.05) is 24.3 Å². The van der Waals surface area contributed by atoms with Crippen molar-refractivity contribution in [3.05, 3.63) is 29.8 Å². The van der Waals surface area contributed by atoms with Gasteiger partial charge < -0.3 is 10.1 Å². The third-order valence-corrected chi connectivity index (χ3v) is 1.83. The van der Waals surface area contributed by atoms with Crippen LogP contribution in [0.4, 0.5) is 5.69 Å². The van der Waals surface area contributed by atoms with E-state index in [2.05, 4.69) is 12.2 Å². The molecule has 0 heterocycles. The van der Waals surface area contributed by atoms with Crippen molar-refractivity contribution in [2.75, 3.05) is 11.9 Å². The summed E-state index contributed by atoms with van der Waals surface area (Å²) in [6.07, 6.45) is 2.54. The van der Waals surface area contributed by atoms with Crippen molar-refractivity contribution in [2.24, 2.45) is 0 Å². The Balaban J connectivity index is 2.61. The van der Waals surface area contributed by atoms with Crippen LogP contribution in [0, 0.1) is 0 Å². The van der Waals surface area contributed by atoms with E-state index < -0.39 is 0 Å². The van der Waals surface area contributed by atoms with E-state index in [1.54, 1.807) is 0 Å². The molecule has 0 unspecified atom stereocenters. The van der Waals surface area contributed by atoms with Gasteiger partial charge >= 0.3 is 0 Å². The second-order valence-corrected chi connectivity index (χ2v) is 3.00. The third-order valence-electron chi connectivity index (χ3n) is 1.83. The molecule has 13 heavy (non-hydrogen) atoms. The number of benzene rings is 1. The smallest absolute Gasteiger partial charge is 0.124 e. The van der Waals surface area contributed by atoms with Crippen molar-refractivity contribution >= 4 is 12.0 Å². The van der Waals surface area contributed by atoms with Gasteiger partial charge in [0.15, 0.2) is 0 Å². The van der Waals surface area contributed by atoms with Crippen molar-refractivity contribution in [3.63, 3.8) is 0 Å². The lowest BCUT2D eigenvalue weighted by atomic mass is 10.1. The van der Waals surface area contributed by atoms with Gasteiger partial charge in [-0.1, -0.05) is 19.1 Å². The predicted molar refractivity (Wildman–Crippen MR) is 55.0 cm³/mol. The molecule has 0 aliphatic heterocycles. The number of carbonyl (C=O) groups excluding carboxylic acids is 1. The normalized spacial score (nSPS) is 9.62. The minimum absolute atomic E-state index is 0.502. The maximum Gasteiger partial charge on any atom is 0.124 e. The summed E-state index contributed by atoms with van der Waals surface area (Å²) in [7, 11) is 0. The Morgan fingerprint density at radius 3 is 3.00 bits per heavy atom. The zero-order chi connectivity index (χ0) is 9.52. The van der Waals surface area contributed by atoms with Crippen LogP contribution in [-0.4, -0.2) is 12.8 Å². The summed E-state index contributed by atoms with van der Waals surface area (Å²) >= 11 is 0. The fourth-order valence-electron chi connectivity index (χ4n) is 1.17. The first-order chi connectivity index (χ1) is 6.36. The molecule has 0 aromatic heterocycles. The van der Waals surface area contributed by atoms with Crippen LogP contribution in [0.3, 0.4) is 0 Å². The van der Waals surface area contributed by atoms with Gasteiger partial charge in [0, 0.05) is 18.7 Å². The van der Waals surface area contributed by atoms with E-state index in [0.717, 1.165) is 30.5 Å². The second kappa shape index (κ2) is 5.36. The molecule has 2 heteroatoms. The Kier molecular flexibility index (Phi) is 4.03. The molecule has 2 nitrogen and oxygen atoms in total. The van der Waals surface area contributed by atoms with Crippen molar-refractivity contribution in [1.82, 2.24) is 0 Å². The van der Waals surface area contributed by atoms with Gasteiger partial charge in [0.05, 0.1) is 0 Å². The van der Waals surface area contributed by atoms with E-state index in [4.69, 9.17) is 0 Å². The van der Waals surface area contributed by atoms with Crippen molar-refractivity contribution in [3.8, 4) is 0 Å². The van der Waals surface area contributed by atoms with Crippen LogP contribution in [0.2, 0.25) is 0 Å². The van der Waals surface area contributed by atoms with Gasteiger partial charge in [-0.25, -0.2) is 0 Å². The van der Waals surface area contributed by atoms with Gasteiger partial charge in [-0.2, -0.15) is 0 Å². The number of rotatable bonds is 5. The average Bonchev–Trinajstić information content (AvgIpc) is 2.16. The van der Waals surface area contributed by atoms with Crippen LogP contribution in [0.1, 0.15) is 18.9 Å². The molecule has 1 aromatic carbocycles. The quantitative estimate of drug-likeness (QED) is 0.699. The zero-order valence-electron chi connectivity index (χ0n) is 7.92. The lowest BCUT2D eigenvalue weighted by molar-refractivity contribution is -0.107. The lowest BCUT2D eigenvalue weighted by Crippen LogP contribution is -1.99. The number of carbonyl (C=O) groups is 1. The molecule has 1 rings (SSSR count). The van der Waals surface area contributed by atoms with Crippen LogP contribution in [0.25, 0.3) is 0 Å². The highest BCUT2D eigenvalue weighted by Crippen LogP contribution is 2.10. The Bertz CT molecular complexity index is 271. The van der Waals surface area contributed by atoms with E-state index in [1.165, 1.54) is 0 Å². The molecule has 0 fully saturated rings. The van der Waals surface area contributed by atoms with Crippen molar-refractivity contribution < 1.29 is 4.79 Å². The van der Waals surface area contributed by atoms with Crippen LogP contribution >= 0.6 is 0 Å². The number of hydrogen-bond acceptors (Lipinski definition) is 2. The predicted octanol–water partition coefficient (Wildman–Crippen LogP) is 2.25. The fraction of sp³-hybridized carbons (Fsp3) is 0.364. The van der Waals surface area contributed by atoms with Crippen LogP contribution in [0.5, 0.6) is 0 Å². The van der Waals surface area contributed by atoms with Crippen LogP contribution in [0.15, 0.2) is 24.3 Å². The van der Waals surface area contributed by atoms with E-state index in [9.17, 15) is 4.79 Å². The Hall–Kier alpha value is -1.31. The molecule has 0 aliphatic rings. The van der Waals surface area contributed by atoms with Gasteiger partial charge in [-0.05, 0) is 24.1 Å². The standard InChI is InChI=1S/C11H15NO/c1-2-7-12-11-5-3-4-10(9-11)6-8-13/h3-5,8-9,12H,2,6-7H2,1H3. The lowest BCUT2D eigenvalue weighted by Gasteiger charge is -2.05. The Morgan fingerprint density at radius 2 is 2.31 bits per heavy atom. The van der Waals surface area contributed by atoms with Crippen LogP contribution < -0.4 is 5.32 Å². The monoisotopic (exact) mass is 177 g/mol.